The molecular formula is C17H21ClN4O3S. The summed E-state index contributed by atoms with van der Waals surface area (Å²) >= 11 is 5.88. The number of amides is 1. The number of H-pyrrole nitrogens is 1. The minimum atomic E-state index is -3.71. The Balaban J connectivity index is 2.01. The quantitative estimate of drug-likeness (QED) is 0.860. The number of nitrogens with one attached hydrogen (secondary N) is 1. The summed E-state index contributed by atoms with van der Waals surface area (Å²) in [5, 5.41) is 7.32. The van der Waals surface area contributed by atoms with E-state index in [1.165, 1.54) is 27.5 Å². The molecule has 0 aliphatic carbocycles. The largest absolute Gasteiger partial charge is 0.345 e. The number of rotatable bonds is 4. The lowest BCUT2D eigenvalue weighted by Crippen LogP contribution is -2.39. The Bertz CT molecular complexity index is 893. The van der Waals surface area contributed by atoms with Crippen molar-refractivity contribution < 1.29 is 13.2 Å². The van der Waals surface area contributed by atoms with Gasteiger partial charge < -0.3 is 4.90 Å². The second-order valence-electron chi connectivity index (χ2n) is 6.48. The zero-order valence-electron chi connectivity index (χ0n) is 14.6. The molecule has 26 heavy (non-hydrogen) atoms. The van der Waals surface area contributed by atoms with E-state index < -0.39 is 16.1 Å². The fourth-order valence-electron chi connectivity index (χ4n) is 3.18. The van der Waals surface area contributed by atoms with E-state index in [1.807, 2.05) is 0 Å². The van der Waals surface area contributed by atoms with Crippen LogP contribution in [0.2, 0.25) is 5.02 Å². The Hall–Kier alpha value is -1.90. The number of carbonyl (C=O) groups is 1. The van der Waals surface area contributed by atoms with Crippen molar-refractivity contribution >= 4 is 27.5 Å². The number of hydrogen-bond acceptors (Lipinski definition) is 4. The Labute approximate surface area is 158 Å². The maximum atomic E-state index is 13.2. The Kier molecular flexibility index (Phi) is 5.36. The number of hydrogen-bond donors (Lipinski definition) is 1. The Morgan fingerprint density at radius 2 is 1.96 bits per heavy atom. The van der Waals surface area contributed by atoms with Crippen molar-refractivity contribution in [3.63, 3.8) is 0 Å². The molecule has 9 heteroatoms. The summed E-state index contributed by atoms with van der Waals surface area (Å²) in [5.74, 6) is -0.205. The molecule has 1 amide bonds. The second-order valence-corrected chi connectivity index (χ2v) is 8.81. The number of carbonyl (C=O) groups excluding carboxylic acids is 1. The van der Waals surface area contributed by atoms with Crippen LogP contribution >= 0.6 is 11.6 Å². The molecular weight excluding hydrogens is 376 g/mol. The molecule has 7 nitrogen and oxygen atoms in total. The maximum absolute atomic E-state index is 13.2. The van der Waals surface area contributed by atoms with Gasteiger partial charge in [0.05, 0.1) is 28.4 Å². The van der Waals surface area contributed by atoms with Crippen molar-refractivity contribution in [1.29, 1.82) is 0 Å². The van der Waals surface area contributed by atoms with Gasteiger partial charge in [-0.05, 0) is 37.1 Å². The summed E-state index contributed by atoms with van der Waals surface area (Å²) in [7, 11) is -0.405. The highest BCUT2D eigenvalue weighted by Crippen LogP contribution is 2.36. The van der Waals surface area contributed by atoms with E-state index in [0.29, 0.717) is 29.2 Å². The second kappa shape index (κ2) is 7.38. The molecule has 1 atom stereocenters. The van der Waals surface area contributed by atoms with Crippen molar-refractivity contribution in [2.75, 3.05) is 20.6 Å². The topological polar surface area (TPSA) is 86.4 Å². The predicted octanol–water partition coefficient (Wildman–Crippen LogP) is 2.68. The third kappa shape index (κ3) is 3.49. The van der Waals surface area contributed by atoms with E-state index in [2.05, 4.69) is 10.2 Å². The van der Waals surface area contributed by atoms with Gasteiger partial charge in [-0.15, -0.1) is 0 Å². The summed E-state index contributed by atoms with van der Waals surface area (Å²) in [5.41, 5.74) is 0.944. The highest BCUT2D eigenvalue weighted by molar-refractivity contribution is 7.89. The van der Waals surface area contributed by atoms with Gasteiger partial charge in [0.25, 0.3) is 5.91 Å². The summed E-state index contributed by atoms with van der Waals surface area (Å²) in [4.78, 5) is 14.1. The first-order valence-electron chi connectivity index (χ1n) is 8.34. The number of aromatic nitrogens is 2. The number of sulfonamides is 1. The van der Waals surface area contributed by atoms with Gasteiger partial charge in [-0.3, -0.25) is 9.89 Å². The van der Waals surface area contributed by atoms with Crippen molar-refractivity contribution in [1.82, 2.24) is 19.4 Å². The molecule has 2 aromatic rings. The number of benzene rings is 1. The highest BCUT2D eigenvalue weighted by Gasteiger charge is 2.37. The van der Waals surface area contributed by atoms with Gasteiger partial charge in [0, 0.05) is 25.7 Å². The normalized spacial score (nSPS) is 18.7. The average molecular weight is 397 g/mol. The Morgan fingerprint density at radius 1 is 1.27 bits per heavy atom. The molecule has 1 aromatic heterocycles. The van der Waals surface area contributed by atoms with Gasteiger partial charge in [0.2, 0.25) is 10.0 Å². The van der Waals surface area contributed by atoms with E-state index in [0.717, 1.165) is 12.8 Å². The van der Waals surface area contributed by atoms with Crippen LogP contribution in [0.5, 0.6) is 0 Å². The van der Waals surface area contributed by atoms with E-state index >= 15 is 0 Å². The lowest BCUT2D eigenvalue weighted by Gasteiger charge is -2.34. The molecule has 3 rings (SSSR count). The van der Waals surface area contributed by atoms with Crippen LogP contribution < -0.4 is 0 Å². The highest BCUT2D eigenvalue weighted by atomic mass is 35.5. The van der Waals surface area contributed by atoms with E-state index in [-0.39, 0.29) is 10.8 Å². The number of aromatic amines is 1. The van der Waals surface area contributed by atoms with E-state index in [4.69, 9.17) is 11.6 Å². The standard InChI is InChI=1S/C17H21ClN4O3S/c1-21(2)17(23)14-11-19-20-16(14)15-5-3-4-10-22(15)26(24,25)13-8-6-12(18)7-9-13/h6-9,11,15H,3-5,10H2,1-2H3,(H,19,20)/t15-/m1/s1. The van der Waals surface area contributed by atoms with Crippen LogP contribution in [0.1, 0.15) is 41.4 Å². The average Bonchev–Trinajstić information content (AvgIpc) is 3.10. The Morgan fingerprint density at radius 3 is 2.62 bits per heavy atom. The molecule has 1 N–H and O–H groups in total. The molecule has 0 saturated carbocycles. The lowest BCUT2D eigenvalue weighted by atomic mass is 9.99. The van der Waals surface area contributed by atoms with Crippen LogP contribution in [0.3, 0.4) is 0 Å². The van der Waals surface area contributed by atoms with Crippen LogP contribution in [0.25, 0.3) is 0 Å². The first-order chi connectivity index (χ1) is 12.3. The molecule has 1 fully saturated rings. The van der Waals surface area contributed by atoms with Crippen molar-refractivity contribution in [2.24, 2.45) is 0 Å². The van der Waals surface area contributed by atoms with E-state index in [1.54, 1.807) is 26.2 Å². The van der Waals surface area contributed by atoms with Gasteiger partial charge in [0.1, 0.15) is 0 Å². The molecule has 1 aromatic carbocycles. The predicted molar refractivity (Wildman–Crippen MR) is 98.5 cm³/mol. The molecule has 1 saturated heterocycles. The third-order valence-electron chi connectivity index (χ3n) is 4.51. The van der Waals surface area contributed by atoms with Crippen LogP contribution in [-0.4, -0.2) is 54.4 Å². The van der Waals surface area contributed by atoms with Gasteiger partial charge in [-0.2, -0.15) is 9.40 Å². The summed E-state index contributed by atoms with van der Waals surface area (Å²) in [6, 6.07) is 5.67. The fourth-order valence-corrected chi connectivity index (χ4v) is 4.98. The summed E-state index contributed by atoms with van der Waals surface area (Å²) in [6.07, 6.45) is 3.74. The van der Waals surface area contributed by atoms with Crippen molar-refractivity contribution in [2.45, 2.75) is 30.2 Å². The lowest BCUT2D eigenvalue weighted by molar-refractivity contribution is 0.0824. The van der Waals surface area contributed by atoms with Crippen molar-refractivity contribution in [3.8, 4) is 0 Å². The van der Waals surface area contributed by atoms with Gasteiger partial charge in [-0.1, -0.05) is 18.0 Å². The summed E-state index contributed by atoms with van der Waals surface area (Å²) < 4.78 is 27.8. The molecule has 0 spiro atoms. The molecule has 0 radical (unpaired) electrons. The molecule has 1 aliphatic heterocycles. The SMILES string of the molecule is CN(C)C(=O)c1cn[nH]c1[C@H]1CCCCN1S(=O)(=O)c1ccc(Cl)cc1. The first kappa shape index (κ1) is 18.9. The van der Waals surface area contributed by atoms with Crippen LogP contribution in [0.4, 0.5) is 0 Å². The number of piperidine rings is 1. The summed E-state index contributed by atoms with van der Waals surface area (Å²) in [6.45, 7) is 0.393. The molecule has 2 heterocycles. The molecule has 140 valence electrons. The van der Waals surface area contributed by atoms with Crippen LogP contribution in [0.15, 0.2) is 35.4 Å². The minimum Gasteiger partial charge on any atom is -0.345 e. The smallest absolute Gasteiger partial charge is 0.256 e. The fraction of sp³-hybridized carbons (Fsp3) is 0.412. The van der Waals surface area contributed by atoms with Crippen LogP contribution in [-0.2, 0) is 10.0 Å². The zero-order valence-corrected chi connectivity index (χ0v) is 16.2. The minimum absolute atomic E-state index is 0.189. The number of nitrogens with zero attached hydrogens (tertiary/aromatic N) is 3. The van der Waals surface area contributed by atoms with E-state index in [9.17, 15) is 13.2 Å². The maximum Gasteiger partial charge on any atom is 0.256 e. The first-order valence-corrected chi connectivity index (χ1v) is 10.2. The molecule has 0 unspecified atom stereocenters. The van der Waals surface area contributed by atoms with Gasteiger partial charge >= 0.3 is 0 Å². The zero-order chi connectivity index (χ0) is 18.9. The van der Waals surface area contributed by atoms with Crippen molar-refractivity contribution in [3.05, 3.63) is 46.7 Å². The molecule has 0 bridgehead atoms. The monoisotopic (exact) mass is 396 g/mol. The molecule has 1 aliphatic rings. The van der Waals surface area contributed by atoms with Gasteiger partial charge in [-0.25, -0.2) is 8.42 Å². The van der Waals surface area contributed by atoms with Crippen LogP contribution in [0, 0.1) is 0 Å². The van der Waals surface area contributed by atoms with Gasteiger partial charge in [0.15, 0.2) is 0 Å². The third-order valence-corrected chi connectivity index (χ3v) is 6.69. The number of halogens is 1.